The van der Waals surface area contributed by atoms with E-state index in [0.29, 0.717) is 16.6 Å². The molecule has 0 heterocycles. The first-order valence-electron chi connectivity index (χ1n) is 3.94. The number of methoxy groups -OCH3 is 1. The van der Waals surface area contributed by atoms with Crippen LogP contribution in [0.25, 0.3) is 0 Å². The van der Waals surface area contributed by atoms with Gasteiger partial charge < -0.3 is 4.74 Å². The van der Waals surface area contributed by atoms with Crippen LogP contribution in [0.4, 0.5) is 0 Å². The monoisotopic (exact) mass is 249 g/mol. The molecule has 0 fully saturated rings. The molecule has 1 aromatic rings. The SMILES string of the molecule is COc1ccc(C#N)cc1C#CCBr. The smallest absolute Gasteiger partial charge is 0.134 e. The van der Waals surface area contributed by atoms with Crippen molar-refractivity contribution in [2.45, 2.75) is 0 Å². The predicted octanol–water partition coefficient (Wildman–Crippen LogP) is 2.31. The van der Waals surface area contributed by atoms with E-state index in [1.54, 1.807) is 25.3 Å². The van der Waals surface area contributed by atoms with E-state index in [1.807, 2.05) is 0 Å². The highest BCUT2D eigenvalue weighted by atomic mass is 79.9. The summed E-state index contributed by atoms with van der Waals surface area (Å²) in [7, 11) is 1.58. The highest BCUT2D eigenvalue weighted by molar-refractivity contribution is 9.09. The maximum atomic E-state index is 8.70. The second kappa shape index (κ2) is 5.32. The van der Waals surface area contributed by atoms with Crippen molar-refractivity contribution in [1.29, 1.82) is 5.26 Å². The van der Waals surface area contributed by atoms with Crippen LogP contribution in [0.2, 0.25) is 0 Å². The van der Waals surface area contributed by atoms with Crippen LogP contribution in [0.5, 0.6) is 5.75 Å². The van der Waals surface area contributed by atoms with E-state index in [-0.39, 0.29) is 0 Å². The molecule has 0 radical (unpaired) electrons. The molecule has 70 valence electrons. The average Bonchev–Trinajstić information content (AvgIpc) is 2.25. The number of hydrogen-bond acceptors (Lipinski definition) is 2. The van der Waals surface area contributed by atoms with E-state index in [0.717, 1.165) is 5.56 Å². The molecule has 0 saturated heterocycles. The predicted molar refractivity (Wildman–Crippen MR) is 58.4 cm³/mol. The third-order valence-corrected chi connectivity index (χ3v) is 1.90. The third kappa shape index (κ3) is 2.52. The highest BCUT2D eigenvalue weighted by Gasteiger charge is 2.00. The Morgan fingerprint density at radius 2 is 2.29 bits per heavy atom. The van der Waals surface area contributed by atoms with E-state index >= 15 is 0 Å². The summed E-state index contributed by atoms with van der Waals surface area (Å²) >= 11 is 3.21. The second-order valence-electron chi connectivity index (χ2n) is 2.46. The van der Waals surface area contributed by atoms with Crippen molar-refractivity contribution in [2.24, 2.45) is 0 Å². The van der Waals surface area contributed by atoms with Crippen molar-refractivity contribution in [2.75, 3.05) is 12.4 Å². The Bertz CT molecular complexity index is 423. The van der Waals surface area contributed by atoms with Crippen molar-refractivity contribution in [1.82, 2.24) is 0 Å². The van der Waals surface area contributed by atoms with Gasteiger partial charge in [-0.2, -0.15) is 5.26 Å². The van der Waals surface area contributed by atoms with Gasteiger partial charge in [-0.05, 0) is 18.2 Å². The molecule has 1 aromatic carbocycles. The van der Waals surface area contributed by atoms with Gasteiger partial charge in [-0.15, -0.1) is 0 Å². The van der Waals surface area contributed by atoms with E-state index in [1.165, 1.54) is 0 Å². The van der Waals surface area contributed by atoms with E-state index in [4.69, 9.17) is 10.00 Å². The largest absolute Gasteiger partial charge is 0.495 e. The molecule has 1 rings (SSSR count). The zero-order valence-electron chi connectivity index (χ0n) is 7.67. The molecule has 14 heavy (non-hydrogen) atoms. The van der Waals surface area contributed by atoms with Gasteiger partial charge in [-0.1, -0.05) is 27.8 Å². The van der Waals surface area contributed by atoms with Crippen LogP contribution in [-0.4, -0.2) is 12.4 Å². The summed E-state index contributed by atoms with van der Waals surface area (Å²) in [6.45, 7) is 0. The number of rotatable bonds is 1. The maximum Gasteiger partial charge on any atom is 0.134 e. The first kappa shape index (κ1) is 10.6. The minimum atomic E-state index is 0.588. The molecule has 0 unspecified atom stereocenters. The summed E-state index contributed by atoms with van der Waals surface area (Å²) in [6.07, 6.45) is 0. The molecule has 0 aliphatic carbocycles. The van der Waals surface area contributed by atoms with Gasteiger partial charge in [-0.25, -0.2) is 0 Å². The van der Waals surface area contributed by atoms with Gasteiger partial charge in [-0.3, -0.25) is 0 Å². The fourth-order valence-electron chi connectivity index (χ4n) is 1.00. The Hall–Kier alpha value is -1.45. The molecule has 0 saturated carbocycles. The van der Waals surface area contributed by atoms with Crippen LogP contribution in [0.1, 0.15) is 11.1 Å². The van der Waals surface area contributed by atoms with Crippen molar-refractivity contribution in [3.63, 3.8) is 0 Å². The Morgan fingerprint density at radius 1 is 1.50 bits per heavy atom. The van der Waals surface area contributed by atoms with E-state index in [2.05, 4.69) is 33.8 Å². The summed E-state index contributed by atoms with van der Waals surface area (Å²) in [5.74, 6) is 6.48. The van der Waals surface area contributed by atoms with Crippen LogP contribution in [0.15, 0.2) is 18.2 Å². The molecule has 0 aliphatic heterocycles. The topological polar surface area (TPSA) is 33.0 Å². The Labute approximate surface area is 91.6 Å². The first-order chi connectivity index (χ1) is 6.81. The van der Waals surface area contributed by atoms with Gasteiger partial charge >= 0.3 is 0 Å². The van der Waals surface area contributed by atoms with Gasteiger partial charge in [0.1, 0.15) is 5.75 Å². The lowest BCUT2D eigenvalue weighted by atomic mass is 10.1. The second-order valence-corrected chi connectivity index (χ2v) is 3.02. The molecule has 0 amide bonds. The Kier molecular flexibility index (Phi) is 4.04. The fraction of sp³-hybridized carbons (Fsp3) is 0.182. The summed E-state index contributed by atoms with van der Waals surface area (Å²) in [5, 5.41) is 9.31. The van der Waals surface area contributed by atoms with Crippen molar-refractivity contribution in [3.8, 4) is 23.7 Å². The third-order valence-electron chi connectivity index (χ3n) is 1.62. The zero-order chi connectivity index (χ0) is 10.4. The molecule has 0 N–H and O–H groups in total. The van der Waals surface area contributed by atoms with Crippen molar-refractivity contribution in [3.05, 3.63) is 29.3 Å². The number of benzene rings is 1. The Balaban J connectivity index is 3.16. The van der Waals surface area contributed by atoms with E-state index in [9.17, 15) is 0 Å². The molecular formula is C11H8BrNO. The van der Waals surface area contributed by atoms with Crippen LogP contribution in [-0.2, 0) is 0 Å². The van der Waals surface area contributed by atoms with Crippen LogP contribution >= 0.6 is 15.9 Å². The lowest BCUT2D eigenvalue weighted by molar-refractivity contribution is 0.413. The van der Waals surface area contributed by atoms with Gasteiger partial charge in [0, 0.05) is 0 Å². The van der Waals surface area contributed by atoms with Crippen LogP contribution in [0, 0.1) is 23.2 Å². The lowest BCUT2D eigenvalue weighted by Gasteiger charge is -2.02. The summed E-state index contributed by atoms with van der Waals surface area (Å²) in [6, 6.07) is 7.23. The van der Waals surface area contributed by atoms with Crippen molar-refractivity contribution >= 4 is 15.9 Å². The first-order valence-corrected chi connectivity index (χ1v) is 5.07. The number of ether oxygens (including phenoxy) is 1. The fourth-order valence-corrected chi connectivity index (χ4v) is 1.14. The minimum absolute atomic E-state index is 0.588. The van der Waals surface area contributed by atoms with Crippen LogP contribution < -0.4 is 4.74 Å². The molecule has 0 spiro atoms. The molecule has 0 aromatic heterocycles. The highest BCUT2D eigenvalue weighted by Crippen LogP contribution is 2.18. The summed E-state index contributed by atoms with van der Waals surface area (Å²) in [4.78, 5) is 0. The van der Waals surface area contributed by atoms with Gasteiger partial charge in [0.05, 0.1) is 29.6 Å². The number of nitrogens with zero attached hydrogens (tertiary/aromatic N) is 1. The summed E-state index contributed by atoms with van der Waals surface area (Å²) < 4.78 is 5.11. The molecule has 3 heteroatoms. The van der Waals surface area contributed by atoms with Gasteiger partial charge in [0.15, 0.2) is 0 Å². The normalized spacial score (nSPS) is 8.36. The molecule has 2 nitrogen and oxygen atoms in total. The lowest BCUT2D eigenvalue weighted by Crippen LogP contribution is -1.88. The van der Waals surface area contributed by atoms with Gasteiger partial charge in [0.25, 0.3) is 0 Å². The van der Waals surface area contributed by atoms with Gasteiger partial charge in [0.2, 0.25) is 0 Å². The number of halogens is 1. The number of nitriles is 1. The number of hydrogen-bond donors (Lipinski definition) is 0. The minimum Gasteiger partial charge on any atom is -0.495 e. The van der Waals surface area contributed by atoms with E-state index < -0.39 is 0 Å². The average molecular weight is 250 g/mol. The maximum absolute atomic E-state index is 8.70. The Morgan fingerprint density at radius 3 is 2.86 bits per heavy atom. The standard InChI is InChI=1S/C11H8BrNO/c1-14-11-5-4-9(8-13)7-10(11)3-2-6-12/h4-5,7H,6H2,1H3. The molecule has 0 atom stereocenters. The zero-order valence-corrected chi connectivity index (χ0v) is 9.26. The molecular weight excluding hydrogens is 242 g/mol. The quantitative estimate of drug-likeness (QED) is 0.566. The molecule has 0 aliphatic rings. The van der Waals surface area contributed by atoms with Crippen LogP contribution in [0.3, 0.4) is 0 Å². The van der Waals surface area contributed by atoms with Crippen molar-refractivity contribution < 1.29 is 4.74 Å². The summed E-state index contributed by atoms with van der Waals surface area (Å²) in [5.41, 5.74) is 1.33. The molecule has 0 bridgehead atoms. The number of alkyl halides is 1.